The van der Waals surface area contributed by atoms with Crippen LogP contribution in [0.15, 0.2) is 54.6 Å². The Morgan fingerprint density at radius 1 is 1.12 bits per heavy atom. The van der Waals surface area contributed by atoms with Gasteiger partial charge in [0.25, 0.3) is 0 Å². The summed E-state index contributed by atoms with van der Waals surface area (Å²) in [5, 5.41) is 4.09. The topological polar surface area (TPSA) is 61.3 Å². The Labute approximate surface area is 156 Å². The fourth-order valence-electron chi connectivity index (χ4n) is 2.57. The monoisotopic (exact) mass is 368 g/mol. The van der Waals surface area contributed by atoms with E-state index >= 15 is 0 Å². The second-order valence-electron chi connectivity index (χ2n) is 5.92. The highest BCUT2D eigenvalue weighted by Gasteiger charge is 2.21. The first-order valence-corrected chi connectivity index (χ1v) is 9.16. The summed E-state index contributed by atoms with van der Waals surface area (Å²) in [6, 6.07) is 17.5. The standard InChI is InChI=1S/C20H20N2O3S/c1-14(8-9-15-6-4-3-5-7-15)25-20(23)19-18(21-22-26-19)16-10-12-17(24-2)13-11-16/h3-7,10-14H,8-9H2,1-2H3. The molecule has 0 aliphatic heterocycles. The van der Waals surface area contributed by atoms with E-state index in [0.717, 1.165) is 35.7 Å². The van der Waals surface area contributed by atoms with Crippen LogP contribution in [-0.2, 0) is 11.2 Å². The molecule has 1 heterocycles. The van der Waals surface area contributed by atoms with Gasteiger partial charge in [0.15, 0.2) is 4.88 Å². The Kier molecular flexibility index (Phi) is 5.96. The first kappa shape index (κ1) is 18.1. The molecule has 3 aromatic rings. The van der Waals surface area contributed by atoms with Crippen LogP contribution in [0.1, 0.15) is 28.6 Å². The van der Waals surface area contributed by atoms with E-state index in [2.05, 4.69) is 21.7 Å². The van der Waals surface area contributed by atoms with E-state index in [1.54, 1.807) is 7.11 Å². The molecule has 0 aliphatic carbocycles. The van der Waals surface area contributed by atoms with Gasteiger partial charge in [-0.25, -0.2) is 4.79 Å². The van der Waals surface area contributed by atoms with Crippen molar-refractivity contribution >= 4 is 17.5 Å². The maximum absolute atomic E-state index is 12.5. The number of carbonyl (C=O) groups is 1. The van der Waals surface area contributed by atoms with Gasteiger partial charge >= 0.3 is 5.97 Å². The number of aryl methyl sites for hydroxylation is 1. The quantitative estimate of drug-likeness (QED) is 0.579. The zero-order valence-electron chi connectivity index (χ0n) is 14.7. The highest BCUT2D eigenvalue weighted by Crippen LogP contribution is 2.27. The molecule has 5 nitrogen and oxygen atoms in total. The zero-order chi connectivity index (χ0) is 18.4. The van der Waals surface area contributed by atoms with Crippen LogP contribution in [0, 0.1) is 0 Å². The molecule has 134 valence electrons. The summed E-state index contributed by atoms with van der Waals surface area (Å²) in [6.07, 6.45) is 1.44. The van der Waals surface area contributed by atoms with Crippen molar-refractivity contribution in [3.63, 3.8) is 0 Å². The van der Waals surface area contributed by atoms with Crippen LogP contribution < -0.4 is 4.74 Å². The van der Waals surface area contributed by atoms with Gasteiger partial charge in [-0.15, -0.1) is 5.10 Å². The summed E-state index contributed by atoms with van der Waals surface area (Å²) in [4.78, 5) is 12.9. The molecule has 1 atom stereocenters. The molecule has 6 heteroatoms. The molecule has 0 bridgehead atoms. The van der Waals surface area contributed by atoms with Gasteiger partial charge < -0.3 is 9.47 Å². The first-order valence-electron chi connectivity index (χ1n) is 8.39. The van der Waals surface area contributed by atoms with Crippen molar-refractivity contribution in [3.8, 4) is 17.0 Å². The number of ether oxygens (including phenoxy) is 2. The van der Waals surface area contributed by atoms with Gasteiger partial charge in [0.05, 0.1) is 13.2 Å². The molecule has 0 spiro atoms. The number of aromatic nitrogens is 2. The molecule has 0 amide bonds. The third kappa shape index (κ3) is 4.46. The molecule has 0 radical (unpaired) electrons. The minimum atomic E-state index is -0.383. The first-order chi connectivity index (χ1) is 12.7. The molecular weight excluding hydrogens is 348 g/mol. The Hall–Kier alpha value is -2.73. The maximum Gasteiger partial charge on any atom is 0.352 e. The van der Waals surface area contributed by atoms with Gasteiger partial charge in [-0.3, -0.25) is 0 Å². The third-order valence-electron chi connectivity index (χ3n) is 4.03. The molecular formula is C20H20N2O3S. The van der Waals surface area contributed by atoms with E-state index < -0.39 is 0 Å². The molecule has 3 rings (SSSR count). The van der Waals surface area contributed by atoms with Gasteiger partial charge in [0, 0.05) is 5.56 Å². The van der Waals surface area contributed by atoms with E-state index in [1.807, 2.05) is 49.4 Å². The lowest BCUT2D eigenvalue weighted by molar-refractivity contribution is 0.0332. The van der Waals surface area contributed by atoms with Crippen molar-refractivity contribution in [2.24, 2.45) is 0 Å². The number of benzene rings is 2. The fraction of sp³-hybridized carbons (Fsp3) is 0.250. The molecule has 0 aliphatic rings. The smallest absolute Gasteiger partial charge is 0.352 e. The Bertz CT molecular complexity index is 847. The number of rotatable bonds is 7. The van der Waals surface area contributed by atoms with Gasteiger partial charge in [0.2, 0.25) is 0 Å². The summed E-state index contributed by atoms with van der Waals surface area (Å²) in [6.45, 7) is 1.91. The predicted molar refractivity (Wildman–Crippen MR) is 102 cm³/mol. The van der Waals surface area contributed by atoms with Crippen LogP contribution in [0.4, 0.5) is 0 Å². The lowest BCUT2D eigenvalue weighted by atomic mass is 10.1. The summed E-state index contributed by atoms with van der Waals surface area (Å²) in [5.74, 6) is 0.363. The van der Waals surface area contributed by atoms with Crippen LogP contribution in [0.5, 0.6) is 5.75 Å². The minimum absolute atomic E-state index is 0.187. The summed E-state index contributed by atoms with van der Waals surface area (Å²) < 4.78 is 14.7. The molecule has 1 unspecified atom stereocenters. The Morgan fingerprint density at radius 2 is 1.85 bits per heavy atom. The third-order valence-corrected chi connectivity index (χ3v) is 4.73. The summed E-state index contributed by atoms with van der Waals surface area (Å²) in [7, 11) is 1.61. The fourth-order valence-corrected chi connectivity index (χ4v) is 3.14. The van der Waals surface area contributed by atoms with Crippen LogP contribution in [-0.4, -0.2) is 28.8 Å². The molecule has 0 N–H and O–H groups in total. The Balaban J connectivity index is 1.64. The number of esters is 1. The van der Waals surface area contributed by atoms with Crippen molar-refractivity contribution in [2.75, 3.05) is 7.11 Å². The number of nitrogens with zero attached hydrogens (tertiary/aromatic N) is 2. The lowest BCUT2D eigenvalue weighted by Crippen LogP contribution is -2.15. The molecule has 0 saturated carbocycles. The van der Waals surface area contributed by atoms with Gasteiger partial charge in [-0.2, -0.15) is 0 Å². The van der Waals surface area contributed by atoms with Gasteiger partial charge in [0.1, 0.15) is 11.4 Å². The number of hydrogen-bond donors (Lipinski definition) is 0. The van der Waals surface area contributed by atoms with Crippen LogP contribution in [0.3, 0.4) is 0 Å². The molecule has 2 aromatic carbocycles. The summed E-state index contributed by atoms with van der Waals surface area (Å²) in [5.41, 5.74) is 2.58. The largest absolute Gasteiger partial charge is 0.497 e. The van der Waals surface area contributed by atoms with Gasteiger partial charge in [-0.05, 0) is 61.1 Å². The maximum atomic E-state index is 12.5. The van der Waals surface area contributed by atoms with Crippen LogP contribution >= 0.6 is 11.5 Å². The number of hydrogen-bond acceptors (Lipinski definition) is 6. The van der Waals surface area contributed by atoms with Crippen molar-refractivity contribution in [2.45, 2.75) is 25.9 Å². The zero-order valence-corrected chi connectivity index (χ0v) is 15.5. The van der Waals surface area contributed by atoms with Crippen LogP contribution in [0.25, 0.3) is 11.3 Å². The van der Waals surface area contributed by atoms with E-state index in [9.17, 15) is 4.79 Å². The number of carbonyl (C=O) groups excluding carboxylic acids is 1. The van der Waals surface area contributed by atoms with Crippen molar-refractivity contribution in [1.82, 2.24) is 9.59 Å². The SMILES string of the molecule is COc1ccc(-c2nnsc2C(=O)OC(C)CCc2ccccc2)cc1. The highest BCUT2D eigenvalue weighted by atomic mass is 32.1. The summed E-state index contributed by atoms with van der Waals surface area (Å²) >= 11 is 1.05. The average Bonchev–Trinajstić information content (AvgIpc) is 3.17. The second kappa shape index (κ2) is 8.58. The molecule has 0 fully saturated rings. The lowest BCUT2D eigenvalue weighted by Gasteiger charge is -2.13. The van der Waals surface area contributed by atoms with Crippen molar-refractivity contribution in [3.05, 3.63) is 65.0 Å². The minimum Gasteiger partial charge on any atom is -0.497 e. The van der Waals surface area contributed by atoms with E-state index in [0.29, 0.717) is 10.6 Å². The van der Waals surface area contributed by atoms with Crippen molar-refractivity contribution in [1.29, 1.82) is 0 Å². The normalized spacial score (nSPS) is 11.8. The highest BCUT2D eigenvalue weighted by molar-refractivity contribution is 7.08. The van der Waals surface area contributed by atoms with E-state index in [4.69, 9.17) is 9.47 Å². The predicted octanol–water partition coefficient (Wildman–Crippen LogP) is 4.39. The number of methoxy groups -OCH3 is 1. The van der Waals surface area contributed by atoms with Gasteiger partial charge in [-0.1, -0.05) is 34.8 Å². The molecule has 1 aromatic heterocycles. The van der Waals surface area contributed by atoms with Crippen molar-refractivity contribution < 1.29 is 14.3 Å². The van der Waals surface area contributed by atoms with E-state index in [1.165, 1.54) is 5.56 Å². The molecule has 26 heavy (non-hydrogen) atoms. The molecule has 0 saturated heterocycles. The second-order valence-corrected chi connectivity index (χ2v) is 6.67. The van der Waals surface area contributed by atoms with Crippen LogP contribution in [0.2, 0.25) is 0 Å². The Morgan fingerprint density at radius 3 is 2.54 bits per heavy atom. The average molecular weight is 368 g/mol. The van der Waals surface area contributed by atoms with E-state index in [-0.39, 0.29) is 12.1 Å².